The van der Waals surface area contributed by atoms with Crippen LogP contribution >= 0.6 is 0 Å². The molecular formula is C27H26FN3O2. The van der Waals surface area contributed by atoms with E-state index in [1.807, 2.05) is 50.4 Å². The van der Waals surface area contributed by atoms with E-state index in [1.54, 1.807) is 12.3 Å². The molecule has 1 spiro atoms. The van der Waals surface area contributed by atoms with Gasteiger partial charge in [0.15, 0.2) is 5.78 Å². The molecule has 3 aromatic rings. The monoisotopic (exact) mass is 443 g/mol. The molecule has 0 bridgehead atoms. The lowest BCUT2D eigenvalue weighted by molar-refractivity contribution is -0.0755. The van der Waals surface area contributed by atoms with Crippen LogP contribution in [-0.4, -0.2) is 27.1 Å². The van der Waals surface area contributed by atoms with Gasteiger partial charge in [0.1, 0.15) is 11.4 Å². The molecule has 168 valence electrons. The summed E-state index contributed by atoms with van der Waals surface area (Å²) in [4.78, 5) is 27.8. The molecule has 1 fully saturated rings. The number of oxime groups is 1. The van der Waals surface area contributed by atoms with Crippen molar-refractivity contribution >= 4 is 11.5 Å². The van der Waals surface area contributed by atoms with Gasteiger partial charge in [0, 0.05) is 47.8 Å². The van der Waals surface area contributed by atoms with Crippen molar-refractivity contribution in [2.45, 2.75) is 57.5 Å². The smallest absolute Gasteiger partial charge is 0.163 e. The Morgan fingerprint density at radius 2 is 1.97 bits per heavy atom. The van der Waals surface area contributed by atoms with Gasteiger partial charge in [0.2, 0.25) is 0 Å². The second-order valence-electron chi connectivity index (χ2n) is 9.26. The molecule has 1 aliphatic carbocycles. The van der Waals surface area contributed by atoms with Gasteiger partial charge in [-0.3, -0.25) is 14.8 Å². The Morgan fingerprint density at radius 3 is 2.64 bits per heavy atom. The second-order valence-corrected chi connectivity index (χ2v) is 9.26. The third-order valence-corrected chi connectivity index (χ3v) is 6.64. The minimum atomic E-state index is -0.389. The lowest BCUT2D eigenvalue weighted by Crippen LogP contribution is -2.36. The van der Waals surface area contributed by atoms with Crippen LogP contribution in [0, 0.1) is 12.7 Å². The molecule has 0 unspecified atom stereocenters. The molecule has 2 aliphatic rings. The molecule has 5 rings (SSSR count). The SMILES string of the molecule is Cc1ccc(-c2cc(C(=O)C[C@H](C)c3ncccc3F)cc(C3=NOC4(CCC4)C3)c2)nc1. The molecule has 1 saturated carbocycles. The third-order valence-electron chi connectivity index (χ3n) is 6.64. The van der Waals surface area contributed by atoms with Gasteiger partial charge in [-0.2, -0.15) is 0 Å². The number of benzene rings is 1. The zero-order valence-electron chi connectivity index (χ0n) is 18.8. The number of nitrogens with zero attached hydrogens (tertiary/aromatic N) is 3. The van der Waals surface area contributed by atoms with Crippen LogP contribution in [-0.2, 0) is 4.84 Å². The maximum atomic E-state index is 14.2. The molecule has 1 atom stereocenters. The summed E-state index contributed by atoms with van der Waals surface area (Å²) >= 11 is 0. The molecule has 6 heteroatoms. The van der Waals surface area contributed by atoms with E-state index in [9.17, 15) is 9.18 Å². The van der Waals surface area contributed by atoms with Gasteiger partial charge in [0.05, 0.1) is 17.1 Å². The van der Waals surface area contributed by atoms with E-state index in [-0.39, 0.29) is 29.5 Å². The van der Waals surface area contributed by atoms with Gasteiger partial charge >= 0.3 is 0 Å². The summed E-state index contributed by atoms with van der Waals surface area (Å²) in [5.41, 5.74) is 5.15. The molecular weight excluding hydrogens is 417 g/mol. The van der Waals surface area contributed by atoms with Crippen molar-refractivity contribution in [1.82, 2.24) is 9.97 Å². The average molecular weight is 444 g/mol. The zero-order chi connectivity index (χ0) is 23.0. The number of Topliss-reactive ketones (excluding diaryl/α,β-unsaturated/α-hetero) is 1. The fourth-order valence-corrected chi connectivity index (χ4v) is 4.51. The highest BCUT2D eigenvalue weighted by Crippen LogP contribution is 2.43. The average Bonchev–Trinajstić information content (AvgIpc) is 3.26. The fraction of sp³-hybridized carbons (Fsp3) is 0.333. The Kier molecular flexibility index (Phi) is 5.52. The number of hydrogen-bond acceptors (Lipinski definition) is 5. The second kappa shape index (κ2) is 8.50. The van der Waals surface area contributed by atoms with E-state index in [0.29, 0.717) is 11.3 Å². The number of ketones is 1. The Morgan fingerprint density at radius 1 is 1.15 bits per heavy atom. The van der Waals surface area contributed by atoms with Crippen molar-refractivity contribution < 1.29 is 14.0 Å². The predicted octanol–water partition coefficient (Wildman–Crippen LogP) is 6.01. The van der Waals surface area contributed by atoms with Gasteiger partial charge in [-0.25, -0.2) is 4.39 Å². The molecule has 0 radical (unpaired) electrons. The van der Waals surface area contributed by atoms with Gasteiger partial charge in [0.25, 0.3) is 0 Å². The summed E-state index contributed by atoms with van der Waals surface area (Å²) in [5, 5.41) is 4.38. The van der Waals surface area contributed by atoms with Gasteiger partial charge < -0.3 is 4.84 Å². The number of aryl methyl sites for hydroxylation is 1. The molecule has 0 saturated heterocycles. The number of pyridine rings is 2. The number of aromatic nitrogens is 2. The van der Waals surface area contributed by atoms with Crippen molar-refractivity contribution in [2.24, 2.45) is 5.16 Å². The number of hydrogen-bond donors (Lipinski definition) is 0. The number of carbonyl (C=O) groups is 1. The molecule has 33 heavy (non-hydrogen) atoms. The summed E-state index contributed by atoms with van der Waals surface area (Å²) in [7, 11) is 0. The van der Waals surface area contributed by atoms with Crippen molar-refractivity contribution in [3.05, 3.63) is 83.1 Å². The minimum Gasteiger partial charge on any atom is -0.389 e. The van der Waals surface area contributed by atoms with Crippen molar-refractivity contribution in [1.29, 1.82) is 0 Å². The topological polar surface area (TPSA) is 64.4 Å². The Labute approximate surface area is 192 Å². The van der Waals surface area contributed by atoms with E-state index < -0.39 is 0 Å². The molecule has 0 N–H and O–H groups in total. The molecule has 5 nitrogen and oxygen atoms in total. The van der Waals surface area contributed by atoms with E-state index in [4.69, 9.17) is 4.84 Å². The first kappa shape index (κ1) is 21.4. The number of halogens is 1. The van der Waals surface area contributed by atoms with Crippen molar-refractivity contribution in [3.63, 3.8) is 0 Å². The summed E-state index contributed by atoms with van der Waals surface area (Å²) in [6.45, 7) is 3.81. The van der Waals surface area contributed by atoms with Crippen LogP contribution in [0.2, 0.25) is 0 Å². The first-order chi connectivity index (χ1) is 15.9. The number of carbonyl (C=O) groups excluding carboxylic acids is 1. The Bertz CT molecular complexity index is 1230. The maximum Gasteiger partial charge on any atom is 0.163 e. The van der Waals surface area contributed by atoms with Gasteiger partial charge in [-0.15, -0.1) is 0 Å². The van der Waals surface area contributed by atoms with Crippen LogP contribution < -0.4 is 0 Å². The normalized spacial score (nSPS) is 17.2. The maximum absolute atomic E-state index is 14.2. The Balaban J connectivity index is 1.48. The highest BCUT2D eigenvalue weighted by atomic mass is 19.1. The number of rotatable bonds is 6. The van der Waals surface area contributed by atoms with Crippen LogP contribution in [0.1, 0.15) is 72.1 Å². The lowest BCUT2D eigenvalue weighted by Gasteiger charge is -2.34. The summed E-state index contributed by atoms with van der Waals surface area (Å²) in [6, 6.07) is 12.6. The van der Waals surface area contributed by atoms with Gasteiger partial charge in [-0.05, 0) is 68.1 Å². The summed E-state index contributed by atoms with van der Waals surface area (Å²) in [6.07, 6.45) is 7.45. The van der Waals surface area contributed by atoms with E-state index >= 15 is 0 Å². The molecule has 2 aromatic heterocycles. The summed E-state index contributed by atoms with van der Waals surface area (Å²) < 4.78 is 14.2. The fourth-order valence-electron chi connectivity index (χ4n) is 4.51. The molecule has 0 amide bonds. The minimum absolute atomic E-state index is 0.0689. The molecule has 1 aliphatic heterocycles. The van der Waals surface area contributed by atoms with Crippen LogP contribution in [0.15, 0.2) is 60.0 Å². The molecule has 1 aromatic carbocycles. The summed E-state index contributed by atoms with van der Waals surface area (Å²) in [5.74, 6) is -0.798. The molecule has 3 heterocycles. The predicted molar refractivity (Wildman–Crippen MR) is 125 cm³/mol. The van der Waals surface area contributed by atoms with Crippen molar-refractivity contribution in [3.8, 4) is 11.3 Å². The van der Waals surface area contributed by atoms with E-state index in [1.165, 1.54) is 6.07 Å². The van der Waals surface area contributed by atoms with Gasteiger partial charge in [-0.1, -0.05) is 18.1 Å². The quantitative estimate of drug-likeness (QED) is 0.437. The standard InChI is InChI=1S/C27H26FN3O2/c1-17-6-7-23(30-16-17)19-12-20(24-15-27(33-31-24)8-4-9-27)14-21(13-19)25(32)11-18(2)26-22(28)5-3-10-29-26/h3,5-7,10,12-14,16,18H,4,8-9,11,15H2,1-2H3/t18-/m0/s1. The highest BCUT2D eigenvalue weighted by molar-refractivity contribution is 6.06. The first-order valence-corrected chi connectivity index (χ1v) is 11.4. The van der Waals surface area contributed by atoms with E-state index in [0.717, 1.165) is 53.8 Å². The third kappa shape index (κ3) is 4.30. The van der Waals surface area contributed by atoms with Crippen LogP contribution in [0.3, 0.4) is 0 Å². The largest absolute Gasteiger partial charge is 0.389 e. The lowest BCUT2D eigenvalue weighted by atomic mass is 9.76. The van der Waals surface area contributed by atoms with Crippen LogP contribution in [0.25, 0.3) is 11.3 Å². The Hall–Kier alpha value is -3.41. The van der Waals surface area contributed by atoms with Crippen molar-refractivity contribution in [2.75, 3.05) is 0 Å². The zero-order valence-corrected chi connectivity index (χ0v) is 18.8. The van der Waals surface area contributed by atoms with Crippen LogP contribution in [0.5, 0.6) is 0 Å². The highest BCUT2D eigenvalue weighted by Gasteiger charge is 2.45. The first-order valence-electron chi connectivity index (χ1n) is 11.4. The van der Waals surface area contributed by atoms with Crippen LogP contribution in [0.4, 0.5) is 4.39 Å². The van der Waals surface area contributed by atoms with E-state index in [2.05, 4.69) is 15.1 Å².